The highest BCUT2D eigenvalue weighted by Crippen LogP contribution is 2.19. The molecule has 0 unspecified atom stereocenters. The topological polar surface area (TPSA) is 90.4 Å². The zero-order valence-corrected chi connectivity index (χ0v) is 8.63. The second-order valence-electron chi connectivity index (χ2n) is 3.47. The third kappa shape index (κ3) is 2.59. The van der Waals surface area contributed by atoms with Crippen molar-refractivity contribution in [2.75, 3.05) is 0 Å². The van der Waals surface area contributed by atoms with Crippen LogP contribution in [0.3, 0.4) is 0 Å². The molecule has 0 aliphatic carbocycles. The van der Waals surface area contributed by atoms with Crippen molar-refractivity contribution >= 4 is 11.9 Å². The average molecular weight is 211 g/mol. The molecule has 0 fully saturated rings. The van der Waals surface area contributed by atoms with E-state index in [0.29, 0.717) is 11.1 Å². The van der Waals surface area contributed by atoms with Crippen LogP contribution >= 0.6 is 0 Å². The van der Waals surface area contributed by atoms with Crippen molar-refractivity contribution in [3.05, 3.63) is 22.5 Å². The van der Waals surface area contributed by atoms with Gasteiger partial charge in [0, 0.05) is 11.4 Å². The van der Waals surface area contributed by atoms with Gasteiger partial charge in [0.15, 0.2) is 0 Å². The van der Waals surface area contributed by atoms with Gasteiger partial charge in [-0.1, -0.05) is 0 Å². The average Bonchev–Trinajstić information content (AvgIpc) is 2.30. The van der Waals surface area contributed by atoms with E-state index in [0.717, 1.165) is 11.4 Å². The summed E-state index contributed by atoms with van der Waals surface area (Å²) in [6, 6.07) is 0. The van der Waals surface area contributed by atoms with E-state index in [4.69, 9.17) is 10.2 Å². The number of carboxylic acids is 2. The monoisotopic (exact) mass is 211 g/mol. The first kappa shape index (κ1) is 11.3. The van der Waals surface area contributed by atoms with E-state index in [1.54, 1.807) is 13.8 Å². The predicted octanol–water partition coefficient (Wildman–Crippen LogP) is 0.886. The fraction of sp³-hybridized carbons (Fsp3) is 0.400. The van der Waals surface area contributed by atoms with Crippen LogP contribution < -0.4 is 0 Å². The number of aliphatic carboxylic acids is 2. The van der Waals surface area contributed by atoms with Gasteiger partial charge in [-0.05, 0) is 25.0 Å². The van der Waals surface area contributed by atoms with E-state index >= 15 is 0 Å². The number of H-pyrrole nitrogens is 1. The lowest BCUT2D eigenvalue weighted by Crippen LogP contribution is -2.07. The zero-order valence-electron chi connectivity index (χ0n) is 8.63. The molecule has 3 N–H and O–H groups in total. The number of hydrogen-bond acceptors (Lipinski definition) is 2. The van der Waals surface area contributed by atoms with Gasteiger partial charge >= 0.3 is 11.9 Å². The minimum atomic E-state index is -0.955. The van der Waals surface area contributed by atoms with Crippen molar-refractivity contribution in [1.82, 2.24) is 4.98 Å². The molecule has 0 radical (unpaired) electrons. The van der Waals surface area contributed by atoms with Gasteiger partial charge in [0.1, 0.15) is 0 Å². The van der Waals surface area contributed by atoms with Crippen LogP contribution in [0, 0.1) is 13.8 Å². The Morgan fingerprint density at radius 3 is 1.60 bits per heavy atom. The molecule has 15 heavy (non-hydrogen) atoms. The maximum Gasteiger partial charge on any atom is 0.307 e. The van der Waals surface area contributed by atoms with E-state index in [-0.39, 0.29) is 12.8 Å². The number of hydrogen-bond donors (Lipinski definition) is 3. The molecule has 0 saturated heterocycles. The minimum absolute atomic E-state index is 0.140. The van der Waals surface area contributed by atoms with E-state index in [2.05, 4.69) is 4.98 Å². The SMILES string of the molecule is Cc1[nH]c(C)c(CC(=O)O)c1CC(=O)O. The molecule has 0 spiro atoms. The molecule has 0 saturated carbocycles. The Labute approximate surface area is 86.7 Å². The van der Waals surface area contributed by atoms with Gasteiger partial charge in [0.25, 0.3) is 0 Å². The maximum atomic E-state index is 10.6. The van der Waals surface area contributed by atoms with Crippen LogP contribution in [0.2, 0.25) is 0 Å². The molecule has 0 amide bonds. The van der Waals surface area contributed by atoms with Crippen molar-refractivity contribution in [3.63, 3.8) is 0 Å². The number of rotatable bonds is 4. The summed E-state index contributed by atoms with van der Waals surface area (Å²) in [6.07, 6.45) is -0.280. The van der Waals surface area contributed by atoms with Crippen molar-refractivity contribution in [2.24, 2.45) is 0 Å². The van der Waals surface area contributed by atoms with Gasteiger partial charge in [-0.15, -0.1) is 0 Å². The second-order valence-corrected chi connectivity index (χ2v) is 3.47. The highest BCUT2D eigenvalue weighted by atomic mass is 16.4. The Hall–Kier alpha value is -1.78. The summed E-state index contributed by atoms with van der Waals surface area (Å²) >= 11 is 0. The highest BCUT2D eigenvalue weighted by molar-refractivity contribution is 5.75. The number of nitrogens with one attached hydrogen (secondary N) is 1. The van der Waals surface area contributed by atoms with Crippen molar-refractivity contribution in [2.45, 2.75) is 26.7 Å². The van der Waals surface area contributed by atoms with Gasteiger partial charge in [-0.3, -0.25) is 9.59 Å². The van der Waals surface area contributed by atoms with E-state index in [9.17, 15) is 9.59 Å². The number of aryl methyl sites for hydroxylation is 2. The van der Waals surface area contributed by atoms with E-state index < -0.39 is 11.9 Å². The van der Waals surface area contributed by atoms with Crippen LogP contribution in [0.15, 0.2) is 0 Å². The summed E-state index contributed by atoms with van der Waals surface area (Å²) in [6.45, 7) is 3.49. The van der Waals surface area contributed by atoms with Crippen LogP contribution in [-0.2, 0) is 22.4 Å². The first-order chi connectivity index (χ1) is 6.91. The minimum Gasteiger partial charge on any atom is -0.481 e. The number of carbonyl (C=O) groups is 2. The molecule has 1 aromatic rings. The molecule has 82 valence electrons. The zero-order chi connectivity index (χ0) is 11.6. The summed E-state index contributed by atoms with van der Waals surface area (Å²) in [4.78, 5) is 24.2. The van der Waals surface area contributed by atoms with Crippen LogP contribution in [0.4, 0.5) is 0 Å². The Morgan fingerprint density at radius 2 is 1.33 bits per heavy atom. The lowest BCUT2D eigenvalue weighted by Gasteiger charge is -2.01. The lowest BCUT2D eigenvalue weighted by atomic mass is 10.0. The molecular weight excluding hydrogens is 198 g/mol. The summed E-state index contributed by atoms with van der Waals surface area (Å²) in [5, 5.41) is 17.4. The molecule has 0 atom stereocenters. The van der Waals surface area contributed by atoms with Crippen molar-refractivity contribution in [1.29, 1.82) is 0 Å². The van der Waals surface area contributed by atoms with E-state index in [1.165, 1.54) is 0 Å². The summed E-state index contributed by atoms with van der Waals surface area (Å²) in [5.41, 5.74) is 2.63. The molecule has 5 nitrogen and oxygen atoms in total. The normalized spacial score (nSPS) is 10.3. The van der Waals surface area contributed by atoms with Gasteiger partial charge in [-0.25, -0.2) is 0 Å². The largest absolute Gasteiger partial charge is 0.481 e. The summed E-state index contributed by atoms with van der Waals surface area (Å²) in [7, 11) is 0. The Balaban J connectivity index is 3.10. The van der Waals surface area contributed by atoms with E-state index in [1.807, 2.05) is 0 Å². The molecule has 0 aromatic carbocycles. The van der Waals surface area contributed by atoms with Crippen LogP contribution in [-0.4, -0.2) is 27.1 Å². The Bertz CT molecular complexity index is 369. The summed E-state index contributed by atoms with van der Waals surface area (Å²) in [5.74, 6) is -1.91. The first-order valence-corrected chi connectivity index (χ1v) is 4.52. The number of carboxylic acid groups (broad SMARTS) is 2. The highest BCUT2D eigenvalue weighted by Gasteiger charge is 2.17. The smallest absolute Gasteiger partial charge is 0.307 e. The predicted molar refractivity (Wildman–Crippen MR) is 52.9 cm³/mol. The second kappa shape index (κ2) is 4.16. The molecule has 1 aromatic heterocycles. The van der Waals surface area contributed by atoms with Gasteiger partial charge in [0.05, 0.1) is 12.8 Å². The maximum absolute atomic E-state index is 10.6. The molecule has 0 aliphatic rings. The first-order valence-electron chi connectivity index (χ1n) is 4.52. The quantitative estimate of drug-likeness (QED) is 0.689. The molecule has 0 bridgehead atoms. The number of aromatic nitrogens is 1. The Kier molecular flexibility index (Phi) is 3.14. The molecule has 1 heterocycles. The third-order valence-electron chi connectivity index (χ3n) is 2.30. The molecule has 5 heteroatoms. The molecule has 1 rings (SSSR count). The Morgan fingerprint density at radius 1 is 1.00 bits per heavy atom. The van der Waals surface area contributed by atoms with Gasteiger partial charge in [-0.2, -0.15) is 0 Å². The van der Waals surface area contributed by atoms with Crippen LogP contribution in [0.1, 0.15) is 22.5 Å². The fourth-order valence-corrected chi connectivity index (χ4v) is 1.67. The summed E-state index contributed by atoms with van der Waals surface area (Å²) < 4.78 is 0. The standard InChI is InChI=1S/C10H13NO4/c1-5-7(3-9(12)13)8(4-10(14)15)6(2)11-5/h11H,3-4H2,1-2H3,(H,12,13)(H,14,15). The molecule has 0 aliphatic heterocycles. The number of aromatic amines is 1. The van der Waals surface area contributed by atoms with Crippen molar-refractivity contribution < 1.29 is 19.8 Å². The third-order valence-corrected chi connectivity index (χ3v) is 2.30. The van der Waals surface area contributed by atoms with Crippen LogP contribution in [0.5, 0.6) is 0 Å². The van der Waals surface area contributed by atoms with Crippen molar-refractivity contribution in [3.8, 4) is 0 Å². The molecular formula is C10H13NO4. The lowest BCUT2D eigenvalue weighted by molar-refractivity contribution is -0.137. The van der Waals surface area contributed by atoms with Crippen LogP contribution in [0.25, 0.3) is 0 Å². The fourth-order valence-electron chi connectivity index (χ4n) is 1.67. The van der Waals surface area contributed by atoms with Gasteiger partial charge < -0.3 is 15.2 Å². The van der Waals surface area contributed by atoms with Gasteiger partial charge in [0.2, 0.25) is 0 Å².